The number of halogens is 2. The summed E-state index contributed by atoms with van der Waals surface area (Å²) in [5.41, 5.74) is 0.826. The summed E-state index contributed by atoms with van der Waals surface area (Å²) in [6.07, 6.45) is 0. The van der Waals surface area contributed by atoms with Crippen LogP contribution in [-0.2, 0) is 10.5 Å². The number of rotatable bonds is 1. The van der Waals surface area contributed by atoms with E-state index in [1.54, 1.807) is 0 Å². The molecule has 1 aliphatic heterocycles. The van der Waals surface area contributed by atoms with Crippen LogP contribution in [0, 0.1) is 0 Å². The number of ether oxygens (including phenoxy) is 1. The highest BCUT2D eigenvalue weighted by Crippen LogP contribution is 2.32. The van der Waals surface area contributed by atoms with Gasteiger partial charge in [0.2, 0.25) is 0 Å². The summed E-state index contributed by atoms with van der Waals surface area (Å²) in [5, 5.41) is 3.51. The van der Waals surface area contributed by atoms with Crippen molar-refractivity contribution < 1.29 is 4.74 Å². The Bertz CT molecular complexity index is 383. The van der Waals surface area contributed by atoms with Crippen LogP contribution in [-0.4, -0.2) is 12.1 Å². The first-order valence-electron chi connectivity index (χ1n) is 5.11. The molecule has 1 aliphatic rings. The maximum absolute atomic E-state index is 5.86. The monoisotopic (exact) mass is 305 g/mol. The fourth-order valence-electron chi connectivity index (χ4n) is 1.98. The standard InChI is InChI=1S/C12H16BrNO.ClH/c1-11(2)8-15-12(3,14-11)9-5-4-6-10(13)7-9;/h4-7,14H,8H2,1-3H3;1H. The van der Waals surface area contributed by atoms with E-state index >= 15 is 0 Å². The fourth-order valence-corrected chi connectivity index (χ4v) is 2.38. The molecule has 2 nitrogen and oxygen atoms in total. The molecule has 1 N–H and O–H groups in total. The van der Waals surface area contributed by atoms with Gasteiger partial charge in [-0.1, -0.05) is 28.1 Å². The predicted octanol–water partition coefficient (Wildman–Crippen LogP) is 3.44. The summed E-state index contributed by atoms with van der Waals surface area (Å²) in [6, 6.07) is 8.22. The number of nitrogens with one attached hydrogen (secondary N) is 1. The van der Waals surface area contributed by atoms with E-state index in [0.717, 1.165) is 16.6 Å². The van der Waals surface area contributed by atoms with Crippen LogP contribution in [0.1, 0.15) is 26.3 Å². The summed E-state index contributed by atoms with van der Waals surface area (Å²) in [6.45, 7) is 7.10. The molecule has 1 unspecified atom stereocenters. The van der Waals surface area contributed by atoms with Crippen molar-refractivity contribution in [2.24, 2.45) is 0 Å². The Morgan fingerprint density at radius 2 is 2.00 bits per heavy atom. The summed E-state index contributed by atoms with van der Waals surface area (Å²) < 4.78 is 6.94. The van der Waals surface area contributed by atoms with Gasteiger partial charge in [-0.05, 0) is 38.5 Å². The second-order valence-electron chi connectivity index (χ2n) is 4.84. The number of hydrogen-bond donors (Lipinski definition) is 1. The van der Waals surface area contributed by atoms with Crippen LogP contribution < -0.4 is 5.32 Å². The molecule has 0 spiro atoms. The van der Waals surface area contributed by atoms with Crippen molar-refractivity contribution in [1.29, 1.82) is 0 Å². The van der Waals surface area contributed by atoms with E-state index in [-0.39, 0.29) is 23.7 Å². The minimum Gasteiger partial charge on any atom is -0.355 e. The molecule has 1 atom stereocenters. The van der Waals surface area contributed by atoms with E-state index in [1.807, 2.05) is 12.1 Å². The van der Waals surface area contributed by atoms with Gasteiger partial charge in [0.25, 0.3) is 0 Å². The van der Waals surface area contributed by atoms with Crippen molar-refractivity contribution in [3.63, 3.8) is 0 Å². The highest BCUT2D eigenvalue weighted by molar-refractivity contribution is 9.10. The lowest BCUT2D eigenvalue weighted by Crippen LogP contribution is -2.44. The van der Waals surface area contributed by atoms with Gasteiger partial charge >= 0.3 is 0 Å². The minimum atomic E-state index is -0.368. The van der Waals surface area contributed by atoms with Crippen molar-refractivity contribution >= 4 is 28.3 Å². The topological polar surface area (TPSA) is 21.3 Å². The van der Waals surface area contributed by atoms with E-state index in [4.69, 9.17) is 4.74 Å². The van der Waals surface area contributed by atoms with Crippen LogP contribution in [0.3, 0.4) is 0 Å². The van der Waals surface area contributed by atoms with Crippen molar-refractivity contribution in [3.8, 4) is 0 Å². The third-order valence-electron chi connectivity index (χ3n) is 2.67. The smallest absolute Gasteiger partial charge is 0.143 e. The van der Waals surface area contributed by atoms with Gasteiger partial charge in [0, 0.05) is 10.0 Å². The molecule has 1 saturated heterocycles. The van der Waals surface area contributed by atoms with Gasteiger partial charge in [-0.2, -0.15) is 0 Å². The molecule has 1 aromatic rings. The molecule has 90 valence electrons. The zero-order valence-corrected chi connectivity index (χ0v) is 12.1. The molecule has 0 aliphatic carbocycles. The first-order chi connectivity index (χ1) is 6.91. The van der Waals surface area contributed by atoms with Crippen LogP contribution >= 0.6 is 28.3 Å². The van der Waals surface area contributed by atoms with Gasteiger partial charge in [0.05, 0.1) is 6.61 Å². The van der Waals surface area contributed by atoms with Crippen LogP contribution in [0.5, 0.6) is 0 Å². The van der Waals surface area contributed by atoms with Gasteiger partial charge in [-0.3, -0.25) is 5.32 Å². The van der Waals surface area contributed by atoms with Crippen molar-refractivity contribution in [1.82, 2.24) is 5.32 Å². The summed E-state index contributed by atoms with van der Waals surface area (Å²) >= 11 is 3.48. The molecular weight excluding hydrogens is 289 g/mol. The maximum Gasteiger partial charge on any atom is 0.143 e. The van der Waals surface area contributed by atoms with Crippen molar-refractivity contribution in [2.75, 3.05) is 6.61 Å². The molecule has 2 rings (SSSR count). The van der Waals surface area contributed by atoms with Crippen LogP contribution in [0.4, 0.5) is 0 Å². The summed E-state index contributed by atoms with van der Waals surface area (Å²) in [5.74, 6) is 0. The first-order valence-corrected chi connectivity index (χ1v) is 5.90. The van der Waals surface area contributed by atoms with Crippen LogP contribution in [0.15, 0.2) is 28.7 Å². The van der Waals surface area contributed by atoms with Gasteiger partial charge < -0.3 is 4.74 Å². The molecule has 0 radical (unpaired) electrons. The Balaban J connectivity index is 0.00000128. The number of hydrogen-bond acceptors (Lipinski definition) is 2. The van der Waals surface area contributed by atoms with Crippen LogP contribution in [0.2, 0.25) is 0 Å². The highest BCUT2D eigenvalue weighted by Gasteiger charge is 2.41. The summed E-state index contributed by atoms with van der Waals surface area (Å²) in [7, 11) is 0. The molecule has 4 heteroatoms. The van der Waals surface area contributed by atoms with Crippen molar-refractivity contribution in [3.05, 3.63) is 34.3 Å². The molecule has 16 heavy (non-hydrogen) atoms. The fraction of sp³-hybridized carbons (Fsp3) is 0.500. The zero-order valence-electron chi connectivity index (χ0n) is 9.71. The molecule has 1 fully saturated rings. The third-order valence-corrected chi connectivity index (χ3v) is 3.17. The summed E-state index contributed by atoms with van der Waals surface area (Å²) in [4.78, 5) is 0. The zero-order chi connectivity index (χ0) is 11.1. The number of benzene rings is 1. The Hall–Kier alpha value is -0.0900. The van der Waals surface area contributed by atoms with E-state index in [2.05, 4.69) is 54.2 Å². The van der Waals surface area contributed by atoms with E-state index in [9.17, 15) is 0 Å². The minimum absolute atomic E-state index is 0. The van der Waals surface area contributed by atoms with E-state index < -0.39 is 0 Å². The van der Waals surface area contributed by atoms with E-state index in [1.165, 1.54) is 0 Å². The molecule has 1 aromatic carbocycles. The van der Waals surface area contributed by atoms with Gasteiger partial charge in [-0.15, -0.1) is 12.4 Å². The molecule has 0 saturated carbocycles. The largest absolute Gasteiger partial charge is 0.355 e. The molecular formula is C12H17BrClNO. The lowest BCUT2D eigenvalue weighted by Gasteiger charge is -2.27. The highest BCUT2D eigenvalue weighted by atomic mass is 79.9. The lowest BCUT2D eigenvalue weighted by molar-refractivity contribution is 0.00214. The average molecular weight is 307 g/mol. The molecule has 0 bridgehead atoms. The second kappa shape index (κ2) is 4.65. The lowest BCUT2D eigenvalue weighted by atomic mass is 10.0. The Morgan fingerprint density at radius 1 is 1.31 bits per heavy atom. The molecule has 1 heterocycles. The van der Waals surface area contributed by atoms with Crippen LogP contribution in [0.25, 0.3) is 0 Å². The molecule has 0 amide bonds. The molecule has 0 aromatic heterocycles. The van der Waals surface area contributed by atoms with Gasteiger partial charge in [0.1, 0.15) is 5.72 Å². The normalized spacial score (nSPS) is 27.5. The maximum atomic E-state index is 5.86. The van der Waals surface area contributed by atoms with Crippen molar-refractivity contribution in [2.45, 2.75) is 32.0 Å². The van der Waals surface area contributed by atoms with Gasteiger partial charge in [-0.25, -0.2) is 0 Å². The predicted molar refractivity (Wildman–Crippen MR) is 71.9 cm³/mol. The second-order valence-corrected chi connectivity index (χ2v) is 5.76. The SMILES string of the molecule is CC1(C)COC(C)(c2cccc(Br)c2)N1.Cl. The average Bonchev–Trinajstić information content (AvgIpc) is 2.42. The Morgan fingerprint density at radius 3 is 2.50 bits per heavy atom. The Kier molecular flexibility index (Phi) is 4.06. The van der Waals surface area contributed by atoms with Gasteiger partial charge in [0.15, 0.2) is 0 Å². The Labute approximate surface area is 111 Å². The quantitative estimate of drug-likeness (QED) is 0.858. The third kappa shape index (κ3) is 2.77. The first kappa shape index (κ1) is 14.0. The van der Waals surface area contributed by atoms with E-state index in [0.29, 0.717) is 0 Å².